The SMILES string of the molecule is C=C(CN1CC1)C(=O)NC. The number of amides is 1. The molecule has 3 nitrogen and oxygen atoms in total. The Kier molecular flexibility index (Phi) is 2.06. The summed E-state index contributed by atoms with van der Waals surface area (Å²) >= 11 is 0. The van der Waals surface area contributed by atoms with Crippen molar-refractivity contribution in [2.75, 3.05) is 26.7 Å². The van der Waals surface area contributed by atoms with Gasteiger partial charge in [-0.05, 0) is 0 Å². The normalized spacial score (nSPS) is 16.5. The predicted molar refractivity (Wildman–Crippen MR) is 39.6 cm³/mol. The fourth-order valence-corrected chi connectivity index (χ4v) is 0.747. The number of likely N-dealkylation sites (N-methyl/N-ethyl adjacent to an activating group) is 1. The molecule has 0 atom stereocenters. The van der Waals surface area contributed by atoms with Crippen molar-refractivity contribution in [3.05, 3.63) is 12.2 Å². The summed E-state index contributed by atoms with van der Waals surface area (Å²) in [7, 11) is 1.62. The zero-order valence-electron chi connectivity index (χ0n) is 6.18. The topological polar surface area (TPSA) is 32.1 Å². The van der Waals surface area contributed by atoms with Gasteiger partial charge < -0.3 is 5.32 Å². The molecule has 1 saturated heterocycles. The molecule has 3 heteroatoms. The van der Waals surface area contributed by atoms with Gasteiger partial charge in [0, 0.05) is 32.3 Å². The number of nitrogens with one attached hydrogen (secondary N) is 1. The van der Waals surface area contributed by atoms with Gasteiger partial charge >= 0.3 is 0 Å². The minimum Gasteiger partial charge on any atom is -0.355 e. The summed E-state index contributed by atoms with van der Waals surface area (Å²) in [6, 6.07) is 0. The van der Waals surface area contributed by atoms with Crippen LogP contribution in [0, 0.1) is 0 Å². The van der Waals surface area contributed by atoms with Gasteiger partial charge in [0.25, 0.3) is 0 Å². The molecule has 1 heterocycles. The maximum absolute atomic E-state index is 10.8. The van der Waals surface area contributed by atoms with E-state index in [1.54, 1.807) is 7.05 Å². The van der Waals surface area contributed by atoms with E-state index in [2.05, 4.69) is 16.8 Å². The highest BCUT2D eigenvalue weighted by Crippen LogP contribution is 2.06. The summed E-state index contributed by atoms with van der Waals surface area (Å²) in [4.78, 5) is 13.0. The van der Waals surface area contributed by atoms with Gasteiger partial charge in [-0.2, -0.15) is 0 Å². The third-order valence-corrected chi connectivity index (χ3v) is 1.50. The fourth-order valence-electron chi connectivity index (χ4n) is 0.747. The molecule has 0 aliphatic carbocycles. The molecule has 1 fully saturated rings. The van der Waals surface area contributed by atoms with Crippen molar-refractivity contribution in [1.29, 1.82) is 0 Å². The van der Waals surface area contributed by atoms with Gasteiger partial charge in [-0.1, -0.05) is 6.58 Å². The lowest BCUT2D eigenvalue weighted by Crippen LogP contribution is -2.23. The largest absolute Gasteiger partial charge is 0.355 e. The van der Waals surface area contributed by atoms with E-state index in [9.17, 15) is 4.79 Å². The Morgan fingerprint density at radius 1 is 1.70 bits per heavy atom. The summed E-state index contributed by atoms with van der Waals surface area (Å²) in [5.41, 5.74) is 0.653. The number of nitrogens with zero attached hydrogens (tertiary/aromatic N) is 1. The Hall–Kier alpha value is -0.830. The monoisotopic (exact) mass is 140 g/mol. The van der Waals surface area contributed by atoms with E-state index in [1.165, 1.54) is 0 Å². The molecule has 56 valence electrons. The van der Waals surface area contributed by atoms with Crippen LogP contribution in [0.1, 0.15) is 0 Å². The van der Waals surface area contributed by atoms with Crippen LogP contribution in [-0.4, -0.2) is 37.5 Å². The standard InChI is InChI=1S/C7H12N2O/c1-6(7(10)8-2)5-9-3-4-9/h1,3-5H2,2H3,(H,8,10). The first kappa shape index (κ1) is 7.28. The Labute approximate surface area is 60.7 Å². The lowest BCUT2D eigenvalue weighted by molar-refractivity contribution is -0.117. The molecule has 1 N–H and O–H groups in total. The molecule has 1 rings (SSSR count). The molecule has 10 heavy (non-hydrogen) atoms. The van der Waals surface area contributed by atoms with Crippen molar-refractivity contribution in [2.45, 2.75) is 0 Å². The fraction of sp³-hybridized carbons (Fsp3) is 0.571. The van der Waals surface area contributed by atoms with Gasteiger partial charge in [0.2, 0.25) is 5.91 Å². The van der Waals surface area contributed by atoms with E-state index in [4.69, 9.17) is 0 Å². The molecule has 0 unspecified atom stereocenters. The van der Waals surface area contributed by atoms with Crippen LogP contribution >= 0.6 is 0 Å². The number of hydrogen-bond donors (Lipinski definition) is 1. The highest BCUT2D eigenvalue weighted by molar-refractivity contribution is 5.92. The van der Waals surface area contributed by atoms with Gasteiger partial charge in [0.1, 0.15) is 0 Å². The molecule has 0 saturated carbocycles. The van der Waals surface area contributed by atoms with Crippen LogP contribution in [0.2, 0.25) is 0 Å². The third-order valence-electron chi connectivity index (χ3n) is 1.50. The zero-order valence-corrected chi connectivity index (χ0v) is 6.18. The summed E-state index contributed by atoms with van der Waals surface area (Å²) in [6.07, 6.45) is 0. The van der Waals surface area contributed by atoms with E-state index in [1.807, 2.05) is 0 Å². The van der Waals surface area contributed by atoms with E-state index >= 15 is 0 Å². The summed E-state index contributed by atoms with van der Waals surface area (Å²) in [5, 5.41) is 2.53. The molecule has 1 aliphatic rings. The van der Waals surface area contributed by atoms with Gasteiger partial charge in [-0.3, -0.25) is 9.69 Å². The van der Waals surface area contributed by atoms with Crippen molar-refractivity contribution in [3.8, 4) is 0 Å². The predicted octanol–water partition coefficient (Wildman–Crippen LogP) is -0.396. The van der Waals surface area contributed by atoms with Crippen molar-refractivity contribution >= 4 is 5.91 Å². The molecule has 0 aromatic rings. The van der Waals surface area contributed by atoms with Gasteiger partial charge in [-0.15, -0.1) is 0 Å². The van der Waals surface area contributed by atoms with E-state index < -0.39 is 0 Å². The summed E-state index contributed by atoms with van der Waals surface area (Å²) in [5.74, 6) is -0.0492. The molecular weight excluding hydrogens is 128 g/mol. The van der Waals surface area contributed by atoms with Crippen LogP contribution in [0.3, 0.4) is 0 Å². The lowest BCUT2D eigenvalue weighted by Gasteiger charge is -2.02. The van der Waals surface area contributed by atoms with E-state index in [0.29, 0.717) is 5.57 Å². The van der Waals surface area contributed by atoms with Gasteiger partial charge in [-0.25, -0.2) is 0 Å². The highest BCUT2D eigenvalue weighted by atomic mass is 16.1. The van der Waals surface area contributed by atoms with Gasteiger partial charge in [0.15, 0.2) is 0 Å². The van der Waals surface area contributed by atoms with Crippen molar-refractivity contribution in [2.24, 2.45) is 0 Å². The van der Waals surface area contributed by atoms with Crippen LogP contribution in [0.15, 0.2) is 12.2 Å². The van der Waals surface area contributed by atoms with Crippen molar-refractivity contribution in [1.82, 2.24) is 10.2 Å². The molecule has 0 aromatic heterocycles. The van der Waals surface area contributed by atoms with Gasteiger partial charge in [0.05, 0.1) is 0 Å². The quantitative estimate of drug-likeness (QED) is 0.427. The molecule has 0 bridgehead atoms. The maximum Gasteiger partial charge on any atom is 0.247 e. The molecule has 0 radical (unpaired) electrons. The average Bonchev–Trinajstić information content (AvgIpc) is 2.70. The summed E-state index contributed by atoms with van der Waals surface area (Å²) in [6.45, 7) is 6.59. The van der Waals surface area contributed by atoms with Crippen LogP contribution < -0.4 is 5.32 Å². The molecule has 0 spiro atoms. The Balaban J connectivity index is 2.25. The van der Waals surface area contributed by atoms with E-state index in [0.717, 1.165) is 19.6 Å². The first-order valence-electron chi connectivity index (χ1n) is 3.36. The van der Waals surface area contributed by atoms with Crippen LogP contribution in [0.25, 0.3) is 0 Å². The van der Waals surface area contributed by atoms with Crippen LogP contribution in [-0.2, 0) is 4.79 Å². The number of carbonyl (C=O) groups excluding carboxylic acids is 1. The third kappa shape index (κ3) is 1.84. The second-order valence-electron chi connectivity index (χ2n) is 2.46. The minimum atomic E-state index is -0.0492. The van der Waals surface area contributed by atoms with Crippen molar-refractivity contribution in [3.63, 3.8) is 0 Å². The molecule has 1 amide bonds. The Bertz CT molecular complexity index is 161. The number of hydrogen-bond acceptors (Lipinski definition) is 2. The number of carbonyl (C=O) groups is 1. The minimum absolute atomic E-state index is 0.0492. The van der Waals surface area contributed by atoms with Crippen molar-refractivity contribution < 1.29 is 4.79 Å². The van der Waals surface area contributed by atoms with Crippen LogP contribution in [0.4, 0.5) is 0 Å². The van der Waals surface area contributed by atoms with E-state index in [-0.39, 0.29) is 5.91 Å². The first-order valence-corrected chi connectivity index (χ1v) is 3.36. The molecule has 0 aromatic carbocycles. The Morgan fingerprint density at radius 3 is 2.70 bits per heavy atom. The smallest absolute Gasteiger partial charge is 0.247 e. The number of rotatable bonds is 3. The zero-order chi connectivity index (χ0) is 7.56. The second kappa shape index (κ2) is 2.84. The summed E-state index contributed by atoms with van der Waals surface area (Å²) < 4.78 is 0. The lowest BCUT2D eigenvalue weighted by atomic mass is 10.3. The Morgan fingerprint density at radius 2 is 2.30 bits per heavy atom. The average molecular weight is 140 g/mol. The first-order chi connectivity index (χ1) is 4.74. The molecular formula is C7H12N2O. The maximum atomic E-state index is 10.8. The highest BCUT2D eigenvalue weighted by Gasteiger charge is 2.19. The molecule has 1 aliphatic heterocycles. The van der Waals surface area contributed by atoms with Crippen LogP contribution in [0.5, 0.6) is 0 Å². The second-order valence-corrected chi connectivity index (χ2v) is 2.46.